The third-order valence-corrected chi connectivity index (χ3v) is 4.52. The Morgan fingerprint density at radius 2 is 2.04 bits per heavy atom. The second-order valence-electron chi connectivity index (χ2n) is 5.78. The lowest BCUT2D eigenvalue weighted by Gasteiger charge is -2.12. The van der Waals surface area contributed by atoms with E-state index in [0.717, 1.165) is 19.4 Å². The fourth-order valence-electron chi connectivity index (χ4n) is 2.55. The fourth-order valence-corrected chi connectivity index (χ4v) is 3.04. The molecular formula is C18H18Cl2N2O3. The number of nitrogens with two attached hydrogens (primary N) is 1. The van der Waals surface area contributed by atoms with Gasteiger partial charge in [0.1, 0.15) is 12.4 Å². The highest BCUT2D eigenvalue weighted by molar-refractivity contribution is 6.39. The smallest absolute Gasteiger partial charge is 0.255 e. The van der Waals surface area contributed by atoms with Crippen LogP contribution in [0.15, 0.2) is 36.4 Å². The molecule has 0 unspecified atom stereocenters. The van der Waals surface area contributed by atoms with Gasteiger partial charge >= 0.3 is 0 Å². The molecule has 1 amide bonds. The minimum Gasteiger partial charge on any atom is -0.491 e. The fraction of sp³-hybridized carbons (Fsp3) is 0.278. The number of carbonyl (C=O) groups excluding carboxylic acids is 1. The predicted octanol–water partition coefficient (Wildman–Crippen LogP) is 4.39. The Bertz CT molecular complexity index is 754. The number of amides is 1. The number of hydrogen-bond acceptors (Lipinski definition) is 4. The molecule has 5 nitrogen and oxygen atoms in total. The van der Waals surface area contributed by atoms with Gasteiger partial charge in [0, 0.05) is 17.9 Å². The van der Waals surface area contributed by atoms with Crippen LogP contribution >= 0.6 is 23.2 Å². The molecule has 1 heterocycles. The molecule has 1 fully saturated rings. The molecule has 0 saturated carbocycles. The maximum absolute atomic E-state index is 12.4. The average molecular weight is 381 g/mol. The normalized spacial score (nSPS) is 16.6. The standard InChI is InChI=1S/C18H18Cl2N2O3/c19-15-8-12(9-16(20)17(15)21)22-18(23)11-3-1-4-13(7-11)25-10-14-5-2-6-24-14/h1,3-4,7-9,14H,2,5-6,10,21H2,(H,22,23)/t14-/m1/s1. The maximum atomic E-state index is 12.4. The van der Waals surface area contributed by atoms with Crippen LogP contribution in [0.3, 0.4) is 0 Å². The van der Waals surface area contributed by atoms with Crippen molar-refractivity contribution < 1.29 is 14.3 Å². The lowest BCUT2D eigenvalue weighted by Crippen LogP contribution is -2.17. The van der Waals surface area contributed by atoms with Crippen LogP contribution in [0.5, 0.6) is 5.75 Å². The van der Waals surface area contributed by atoms with Crippen LogP contribution < -0.4 is 15.8 Å². The van der Waals surface area contributed by atoms with Gasteiger partial charge in [-0.05, 0) is 43.2 Å². The van der Waals surface area contributed by atoms with Crippen LogP contribution in [-0.2, 0) is 4.74 Å². The summed E-state index contributed by atoms with van der Waals surface area (Å²) >= 11 is 12.0. The highest BCUT2D eigenvalue weighted by atomic mass is 35.5. The second-order valence-corrected chi connectivity index (χ2v) is 6.60. The lowest BCUT2D eigenvalue weighted by molar-refractivity contribution is 0.0679. The molecule has 2 aromatic rings. The molecule has 0 aliphatic carbocycles. The molecule has 1 saturated heterocycles. The number of halogens is 2. The van der Waals surface area contributed by atoms with Gasteiger partial charge in [-0.25, -0.2) is 0 Å². The molecule has 3 rings (SSSR count). The van der Waals surface area contributed by atoms with Gasteiger partial charge in [-0.3, -0.25) is 4.79 Å². The van der Waals surface area contributed by atoms with Crippen LogP contribution in [0.2, 0.25) is 10.0 Å². The zero-order valence-corrected chi connectivity index (χ0v) is 14.9. The summed E-state index contributed by atoms with van der Waals surface area (Å²) in [6.45, 7) is 1.26. The zero-order chi connectivity index (χ0) is 17.8. The van der Waals surface area contributed by atoms with E-state index in [2.05, 4.69) is 5.32 Å². The number of nitrogen functional groups attached to an aromatic ring is 1. The quantitative estimate of drug-likeness (QED) is 0.754. The van der Waals surface area contributed by atoms with Gasteiger partial charge in [0.25, 0.3) is 5.91 Å². The Morgan fingerprint density at radius 1 is 1.28 bits per heavy atom. The molecule has 7 heteroatoms. The predicted molar refractivity (Wildman–Crippen MR) is 99.7 cm³/mol. The minimum absolute atomic E-state index is 0.122. The molecule has 3 N–H and O–H groups in total. The highest BCUT2D eigenvalue weighted by Crippen LogP contribution is 2.31. The van der Waals surface area contributed by atoms with E-state index in [0.29, 0.717) is 23.6 Å². The highest BCUT2D eigenvalue weighted by Gasteiger charge is 2.16. The van der Waals surface area contributed by atoms with E-state index in [1.54, 1.807) is 30.3 Å². The largest absolute Gasteiger partial charge is 0.491 e. The van der Waals surface area contributed by atoms with Gasteiger partial charge < -0.3 is 20.5 Å². The first-order chi connectivity index (χ1) is 12.0. The van der Waals surface area contributed by atoms with E-state index < -0.39 is 0 Å². The zero-order valence-electron chi connectivity index (χ0n) is 13.4. The van der Waals surface area contributed by atoms with Crippen LogP contribution in [0.25, 0.3) is 0 Å². The Labute approximate surface area is 156 Å². The molecule has 0 bridgehead atoms. The number of nitrogens with one attached hydrogen (secondary N) is 1. The number of rotatable bonds is 5. The molecule has 25 heavy (non-hydrogen) atoms. The molecule has 2 aromatic carbocycles. The van der Waals surface area contributed by atoms with E-state index in [4.69, 9.17) is 38.4 Å². The van der Waals surface area contributed by atoms with Crippen molar-refractivity contribution in [1.82, 2.24) is 0 Å². The number of hydrogen-bond donors (Lipinski definition) is 2. The van der Waals surface area contributed by atoms with Crippen molar-refractivity contribution in [3.05, 3.63) is 52.0 Å². The van der Waals surface area contributed by atoms with Crippen LogP contribution in [0.4, 0.5) is 11.4 Å². The van der Waals surface area contributed by atoms with Crippen LogP contribution in [0.1, 0.15) is 23.2 Å². The van der Waals surface area contributed by atoms with E-state index in [-0.39, 0.29) is 27.7 Å². The first-order valence-corrected chi connectivity index (χ1v) is 8.69. The summed E-state index contributed by atoms with van der Waals surface area (Å²) in [5.41, 5.74) is 6.92. The molecule has 0 aromatic heterocycles. The van der Waals surface area contributed by atoms with Crippen molar-refractivity contribution >= 4 is 40.5 Å². The molecule has 132 valence electrons. The molecule has 1 aliphatic heterocycles. The third-order valence-electron chi connectivity index (χ3n) is 3.89. The number of ether oxygens (including phenoxy) is 2. The van der Waals surface area contributed by atoms with Crippen molar-refractivity contribution in [3.63, 3.8) is 0 Å². The SMILES string of the molecule is Nc1c(Cl)cc(NC(=O)c2cccc(OC[C@H]3CCCO3)c2)cc1Cl. The Hall–Kier alpha value is -1.95. The van der Waals surface area contributed by atoms with E-state index in [9.17, 15) is 4.79 Å². The van der Waals surface area contributed by atoms with Crippen LogP contribution in [-0.4, -0.2) is 25.2 Å². The Balaban J connectivity index is 1.66. The van der Waals surface area contributed by atoms with Gasteiger partial charge in [0.2, 0.25) is 0 Å². The molecular weight excluding hydrogens is 363 g/mol. The summed E-state index contributed by atoms with van der Waals surface area (Å²) in [7, 11) is 0. The summed E-state index contributed by atoms with van der Waals surface area (Å²) in [4.78, 5) is 12.4. The number of benzene rings is 2. The lowest BCUT2D eigenvalue weighted by atomic mass is 10.2. The third kappa shape index (κ3) is 4.57. The maximum Gasteiger partial charge on any atom is 0.255 e. The van der Waals surface area contributed by atoms with Crippen molar-refractivity contribution in [2.24, 2.45) is 0 Å². The van der Waals surface area contributed by atoms with Gasteiger partial charge in [-0.1, -0.05) is 29.3 Å². The Kier molecular flexibility index (Phi) is 5.68. The minimum atomic E-state index is -0.292. The topological polar surface area (TPSA) is 73.6 Å². The monoisotopic (exact) mass is 380 g/mol. The van der Waals surface area contributed by atoms with Gasteiger partial charge in [0.15, 0.2) is 0 Å². The Morgan fingerprint density at radius 3 is 2.72 bits per heavy atom. The van der Waals surface area contributed by atoms with Crippen molar-refractivity contribution in [2.75, 3.05) is 24.3 Å². The first kappa shape index (κ1) is 17.9. The van der Waals surface area contributed by atoms with Gasteiger partial charge in [0.05, 0.1) is 21.8 Å². The van der Waals surface area contributed by atoms with E-state index >= 15 is 0 Å². The molecule has 1 aliphatic rings. The van der Waals surface area contributed by atoms with E-state index in [1.165, 1.54) is 0 Å². The van der Waals surface area contributed by atoms with Crippen molar-refractivity contribution in [1.29, 1.82) is 0 Å². The summed E-state index contributed by atoms with van der Waals surface area (Å²) in [6.07, 6.45) is 2.18. The molecule has 0 radical (unpaired) electrons. The van der Waals surface area contributed by atoms with Crippen molar-refractivity contribution in [3.8, 4) is 5.75 Å². The second kappa shape index (κ2) is 7.95. The van der Waals surface area contributed by atoms with Gasteiger partial charge in [-0.2, -0.15) is 0 Å². The number of anilines is 2. The summed E-state index contributed by atoms with van der Waals surface area (Å²) in [5.74, 6) is 0.330. The molecule has 0 spiro atoms. The van der Waals surface area contributed by atoms with Crippen LogP contribution in [0, 0.1) is 0 Å². The summed E-state index contributed by atoms with van der Waals surface area (Å²) < 4.78 is 11.2. The summed E-state index contributed by atoms with van der Waals surface area (Å²) in [5, 5.41) is 3.32. The first-order valence-electron chi connectivity index (χ1n) is 7.93. The van der Waals surface area contributed by atoms with Gasteiger partial charge in [-0.15, -0.1) is 0 Å². The van der Waals surface area contributed by atoms with E-state index in [1.807, 2.05) is 6.07 Å². The summed E-state index contributed by atoms with van der Waals surface area (Å²) in [6, 6.07) is 10.1. The molecule has 1 atom stereocenters. The van der Waals surface area contributed by atoms with Crippen molar-refractivity contribution in [2.45, 2.75) is 18.9 Å². The number of carbonyl (C=O) groups is 1. The average Bonchev–Trinajstić information content (AvgIpc) is 3.11.